The summed E-state index contributed by atoms with van der Waals surface area (Å²) in [5.74, 6) is 2.05. The molecule has 0 radical (unpaired) electrons. The molecule has 1 aromatic heterocycles. The highest BCUT2D eigenvalue weighted by atomic mass is 79.9. The first kappa shape index (κ1) is 14.9. The quantitative estimate of drug-likeness (QED) is 0.796. The zero-order valence-electron chi connectivity index (χ0n) is 11.7. The molecule has 2 N–H and O–H groups in total. The molecular weight excluding hydrogens is 350 g/mol. The van der Waals surface area contributed by atoms with Gasteiger partial charge in [0.05, 0.1) is 11.3 Å². The van der Waals surface area contributed by atoms with Crippen LogP contribution in [0, 0.1) is 0 Å². The van der Waals surface area contributed by atoms with E-state index in [-0.39, 0.29) is 0 Å². The Morgan fingerprint density at radius 3 is 2.90 bits per heavy atom. The van der Waals surface area contributed by atoms with Gasteiger partial charge in [0.25, 0.3) is 5.89 Å². The standard InChI is InChI=1S/C15H18BrN3OS/c16-10-6-7-13(17)12(8-10)15-18-14(19-20-15)9-21-11-4-2-1-3-5-11/h6-8,11H,1-5,9,17H2. The van der Waals surface area contributed by atoms with Crippen LogP contribution in [0.1, 0.15) is 37.9 Å². The second-order valence-electron chi connectivity index (χ2n) is 5.32. The van der Waals surface area contributed by atoms with Gasteiger partial charge in [0.2, 0.25) is 0 Å². The highest BCUT2D eigenvalue weighted by molar-refractivity contribution is 9.10. The zero-order valence-corrected chi connectivity index (χ0v) is 14.1. The summed E-state index contributed by atoms with van der Waals surface area (Å²) in [6.45, 7) is 0. The molecule has 1 fully saturated rings. The number of halogens is 1. The van der Waals surface area contributed by atoms with Gasteiger partial charge in [-0.2, -0.15) is 16.7 Å². The van der Waals surface area contributed by atoms with Crippen LogP contribution >= 0.6 is 27.7 Å². The Hall–Kier alpha value is -1.01. The molecule has 1 aliphatic carbocycles. The van der Waals surface area contributed by atoms with Crippen molar-refractivity contribution in [2.24, 2.45) is 0 Å². The monoisotopic (exact) mass is 367 g/mol. The third-order valence-electron chi connectivity index (χ3n) is 3.71. The Labute approximate surface area is 137 Å². The fourth-order valence-corrected chi connectivity index (χ4v) is 4.09. The molecule has 0 saturated heterocycles. The van der Waals surface area contributed by atoms with Gasteiger partial charge in [0.1, 0.15) is 0 Å². The Bertz CT molecular complexity index is 611. The first-order valence-corrected chi connectivity index (χ1v) is 9.06. The fraction of sp³-hybridized carbons (Fsp3) is 0.467. The van der Waals surface area contributed by atoms with Crippen LogP contribution < -0.4 is 5.73 Å². The summed E-state index contributed by atoms with van der Waals surface area (Å²) in [4.78, 5) is 4.47. The summed E-state index contributed by atoms with van der Waals surface area (Å²) in [6, 6.07) is 5.63. The van der Waals surface area contributed by atoms with E-state index in [1.54, 1.807) is 0 Å². The molecule has 0 atom stereocenters. The lowest BCUT2D eigenvalue weighted by Gasteiger charge is -2.19. The molecule has 0 spiro atoms. The molecular formula is C15H18BrN3OS. The van der Waals surface area contributed by atoms with E-state index in [9.17, 15) is 0 Å². The number of anilines is 1. The Morgan fingerprint density at radius 1 is 1.29 bits per heavy atom. The number of benzene rings is 1. The first-order chi connectivity index (χ1) is 10.2. The van der Waals surface area contributed by atoms with Crippen molar-refractivity contribution in [3.05, 3.63) is 28.5 Å². The maximum Gasteiger partial charge on any atom is 0.260 e. The molecule has 21 heavy (non-hydrogen) atoms. The lowest BCUT2D eigenvalue weighted by molar-refractivity contribution is 0.425. The number of nitrogens with zero attached hydrogens (tertiary/aromatic N) is 2. The van der Waals surface area contributed by atoms with Crippen LogP contribution in [0.3, 0.4) is 0 Å². The lowest BCUT2D eigenvalue weighted by Crippen LogP contribution is -2.08. The minimum absolute atomic E-state index is 0.494. The van der Waals surface area contributed by atoms with Crippen LogP contribution in [-0.4, -0.2) is 15.4 Å². The van der Waals surface area contributed by atoms with Crippen molar-refractivity contribution in [2.75, 3.05) is 5.73 Å². The molecule has 0 aliphatic heterocycles. The van der Waals surface area contributed by atoms with E-state index in [0.29, 0.717) is 11.6 Å². The van der Waals surface area contributed by atoms with E-state index in [1.807, 2.05) is 30.0 Å². The molecule has 0 bridgehead atoms. The third kappa shape index (κ3) is 3.80. The van der Waals surface area contributed by atoms with Crippen molar-refractivity contribution < 1.29 is 4.52 Å². The molecule has 1 heterocycles. The van der Waals surface area contributed by atoms with E-state index in [0.717, 1.165) is 26.9 Å². The number of thioether (sulfide) groups is 1. The van der Waals surface area contributed by atoms with Gasteiger partial charge >= 0.3 is 0 Å². The molecule has 4 nitrogen and oxygen atoms in total. The number of hydrogen-bond donors (Lipinski definition) is 1. The molecule has 1 aliphatic rings. The van der Waals surface area contributed by atoms with Gasteiger partial charge in [-0.25, -0.2) is 0 Å². The van der Waals surface area contributed by atoms with Crippen molar-refractivity contribution in [1.82, 2.24) is 10.1 Å². The normalized spacial score (nSPS) is 16.2. The number of aromatic nitrogens is 2. The third-order valence-corrected chi connectivity index (χ3v) is 5.58. The summed E-state index contributed by atoms with van der Waals surface area (Å²) in [6.07, 6.45) is 6.71. The maximum absolute atomic E-state index is 5.97. The largest absolute Gasteiger partial charge is 0.398 e. The molecule has 112 valence electrons. The van der Waals surface area contributed by atoms with E-state index in [2.05, 4.69) is 26.1 Å². The van der Waals surface area contributed by atoms with Crippen LogP contribution in [0.25, 0.3) is 11.5 Å². The van der Waals surface area contributed by atoms with Gasteiger partial charge in [-0.1, -0.05) is 40.3 Å². The predicted molar refractivity (Wildman–Crippen MR) is 90.0 cm³/mol. The van der Waals surface area contributed by atoms with Crippen molar-refractivity contribution in [2.45, 2.75) is 43.1 Å². The van der Waals surface area contributed by atoms with Gasteiger partial charge in [0, 0.05) is 15.4 Å². The van der Waals surface area contributed by atoms with E-state index in [4.69, 9.17) is 10.3 Å². The SMILES string of the molecule is Nc1ccc(Br)cc1-c1nc(CSC2CCCCC2)no1. The smallest absolute Gasteiger partial charge is 0.260 e. The van der Waals surface area contributed by atoms with E-state index in [1.165, 1.54) is 32.1 Å². The molecule has 2 aromatic rings. The average Bonchev–Trinajstić information content (AvgIpc) is 2.97. The number of nitrogens with two attached hydrogens (primary N) is 1. The zero-order chi connectivity index (χ0) is 14.7. The highest BCUT2D eigenvalue weighted by Crippen LogP contribution is 2.31. The van der Waals surface area contributed by atoms with Gasteiger partial charge < -0.3 is 10.3 Å². The molecule has 1 aromatic carbocycles. The van der Waals surface area contributed by atoms with E-state index >= 15 is 0 Å². The summed E-state index contributed by atoms with van der Waals surface area (Å²) < 4.78 is 6.30. The second-order valence-corrected chi connectivity index (χ2v) is 7.52. The van der Waals surface area contributed by atoms with Crippen molar-refractivity contribution >= 4 is 33.4 Å². The van der Waals surface area contributed by atoms with Crippen molar-refractivity contribution in [3.63, 3.8) is 0 Å². The summed E-state index contributed by atoms with van der Waals surface area (Å²) in [7, 11) is 0. The highest BCUT2D eigenvalue weighted by Gasteiger charge is 2.16. The van der Waals surface area contributed by atoms with Crippen LogP contribution in [-0.2, 0) is 5.75 Å². The average molecular weight is 368 g/mol. The predicted octanol–water partition coefficient (Wildman–Crippen LogP) is 4.65. The Balaban J connectivity index is 1.66. The van der Waals surface area contributed by atoms with Crippen LogP contribution in [0.4, 0.5) is 5.69 Å². The van der Waals surface area contributed by atoms with Gasteiger partial charge in [-0.05, 0) is 31.0 Å². The van der Waals surface area contributed by atoms with Crippen molar-refractivity contribution in [1.29, 1.82) is 0 Å². The molecule has 0 amide bonds. The maximum atomic E-state index is 5.97. The van der Waals surface area contributed by atoms with Crippen molar-refractivity contribution in [3.8, 4) is 11.5 Å². The second kappa shape index (κ2) is 6.83. The first-order valence-electron chi connectivity index (χ1n) is 7.22. The molecule has 6 heteroatoms. The van der Waals surface area contributed by atoms with Crippen LogP contribution in [0.15, 0.2) is 27.2 Å². The minimum Gasteiger partial charge on any atom is -0.398 e. The van der Waals surface area contributed by atoms with Crippen LogP contribution in [0.2, 0.25) is 0 Å². The topological polar surface area (TPSA) is 64.9 Å². The Kier molecular flexibility index (Phi) is 4.85. The van der Waals surface area contributed by atoms with Gasteiger partial charge in [-0.3, -0.25) is 0 Å². The van der Waals surface area contributed by atoms with Gasteiger partial charge in [0.15, 0.2) is 5.82 Å². The summed E-state index contributed by atoms with van der Waals surface area (Å²) in [5.41, 5.74) is 7.40. The van der Waals surface area contributed by atoms with Gasteiger partial charge in [-0.15, -0.1) is 0 Å². The number of hydrogen-bond acceptors (Lipinski definition) is 5. The summed E-state index contributed by atoms with van der Waals surface area (Å²) in [5, 5.41) is 4.82. The van der Waals surface area contributed by atoms with E-state index < -0.39 is 0 Å². The summed E-state index contributed by atoms with van der Waals surface area (Å²) >= 11 is 5.37. The number of nitrogen functional groups attached to an aromatic ring is 1. The molecule has 1 saturated carbocycles. The van der Waals surface area contributed by atoms with Crippen LogP contribution in [0.5, 0.6) is 0 Å². The minimum atomic E-state index is 0.494. The molecule has 3 rings (SSSR count). The Morgan fingerprint density at radius 2 is 2.10 bits per heavy atom. The molecule has 0 unspecified atom stereocenters. The fourth-order valence-electron chi connectivity index (χ4n) is 2.56. The lowest BCUT2D eigenvalue weighted by atomic mass is 10.0. The number of rotatable bonds is 4.